The van der Waals surface area contributed by atoms with Gasteiger partial charge in [0.05, 0.1) is 6.61 Å². The van der Waals surface area contributed by atoms with Crippen molar-refractivity contribution in [3.8, 4) is 0 Å². The van der Waals surface area contributed by atoms with Crippen LogP contribution in [0.3, 0.4) is 0 Å². The molecule has 6 heteroatoms. The van der Waals surface area contributed by atoms with E-state index in [1.165, 1.54) is 14.0 Å². The van der Waals surface area contributed by atoms with Gasteiger partial charge in [0.15, 0.2) is 5.54 Å². The van der Waals surface area contributed by atoms with Gasteiger partial charge in [0.1, 0.15) is 0 Å². The molecule has 0 aromatic heterocycles. The molecule has 0 aliphatic rings. The summed E-state index contributed by atoms with van der Waals surface area (Å²) in [6, 6.07) is 7.70. The Balaban J connectivity index is 2.84. The highest BCUT2D eigenvalue weighted by molar-refractivity contribution is 9.10. The van der Waals surface area contributed by atoms with E-state index in [4.69, 9.17) is 4.74 Å². The van der Waals surface area contributed by atoms with Crippen molar-refractivity contribution >= 4 is 27.8 Å². The molecule has 22 heavy (non-hydrogen) atoms. The van der Waals surface area contributed by atoms with Crippen LogP contribution in [0.5, 0.6) is 0 Å². The summed E-state index contributed by atoms with van der Waals surface area (Å²) in [6.45, 7) is 3.27. The fourth-order valence-corrected chi connectivity index (χ4v) is 2.61. The number of methoxy groups -OCH3 is 1. The second-order valence-electron chi connectivity index (χ2n) is 5.46. The number of hydrogen-bond donors (Lipinski definition) is 2. The van der Waals surface area contributed by atoms with E-state index in [1.54, 1.807) is 0 Å². The quantitative estimate of drug-likeness (QED) is 0.736. The molecular formula is C16H22BrNO4. The third-order valence-electron chi connectivity index (χ3n) is 3.59. The smallest absolute Gasteiger partial charge is 0.331 e. The zero-order chi connectivity index (χ0) is 16.8. The number of carbonyl (C=O) groups excluding carboxylic acids is 1. The zero-order valence-electron chi connectivity index (χ0n) is 13.1. The van der Waals surface area contributed by atoms with Crippen LogP contribution in [0.25, 0.3) is 0 Å². The van der Waals surface area contributed by atoms with E-state index < -0.39 is 11.5 Å². The third kappa shape index (κ3) is 4.81. The molecule has 5 nitrogen and oxygen atoms in total. The summed E-state index contributed by atoms with van der Waals surface area (Å²) >= 11 is 3.47. The molecule has 1 rings (SSSR count). The van der Waals surface area contributed by atoms with E-state index in [1.807, 2.05) is 31.2 Å². The Hall–Kier alpha value is -1.40. The molecule has 0 heterocycles. The average Bonchev–Trinajstić information content (AvgIpc) is 2.46. The number of carboxylic acid groups (broad SMARTS) is 1. The summed E-state index contributed by atoms with van der Waals surface area (Å²) in [5.41, 5.74) is -0.402. The van der Waals surface area contributed by atoms with Gasteiger partial charge in [-0.15, -0.1) is 0 Å². The van der Waals surface area contributed by atoms with Crippen molar-refractivity contribution in [2.24, 2.45) is 5.92 Å². The van der Waals surface area contributed by atoms with E-state index in [9.17, 15) is 14.7 Å². The van der Waals surface area contributed by atoms with Crippen molar-refractivity contribution < 1.29 is 19.4 Å². The standard InChI is InChI=1S/C16H22BrNO4/c1-4-11(9-12-7-5-6-8-13(12)17)14(19)18-16(2,10-22-3)15(20)21/h5-8,11H,4,9-10H2,1-3H3,(H,18,19)(H,20,21). The van der Waals surface area contributed by atoms with Crippen LogP contribution in [-0.4, -0.2) is 36.2 Å². The molecule has 1 aromatic carbocycles. The molecule has 0 aliphatic carbocycles. The fourth-order valence-electron chi connectivity index (χ4n) is 2.17. The van der Waals surface area contributed by atoms with E-state index in [2.05, 4.69) is 21.2 Å². The number of carboxylic acids is 1. The number of rotatable bonds is 8. The molecule has 0 aliphatic heterocycles. The van der Waals surface area contributed by atoms with Crippen LogP contribution in [0.15, 0.2) is 28.7 Å². The van der Waals surface area contributed by atoms with E-state index >= 15 is 0 Å². The van der Waals surface area contributed by atoms with E-state index in [0.717, 1.165) is 10.0 Å². The number of carbonyl (C=O) groups is 2. The number of amides is 1. The van der Waals surface area contributed by atoms with Gasteiger partial charge in [-0.1, -0.05) is 41.1 Å². The number of benzene rings is 1. The van der Waals surface area contributed by atoms with Crippen molar-refractivity contribution in [1.29, 1.82) is 0 Å². The van der Waals surface area contributed by atoms with Crippen LogP contribution >= 0.6 is 15.9 Å². The Morgan fingerprint density at radius 1 is 1.41 bits per heavy atom. The molecular weight excluding hydrogens is 350 g/mol. The maximum absolute atomic E-state index is 12.4. The maximum atomic E-state index is 12.4. The first kappa shape index (κ1) is 18.6. The van der Waals surface area contributed by atoms with Crippen LogP contribution in [0.1, 0.15) is 25.8 Å². The van der Waals surface area contributed by atoms with Crippen molar-refractivity contribution in [3.05, 3.63) is 34.3 Å². The van der Waals surface area contributed by atoms with Crippen LogP contribution in [0.2, 0.25) is 0 Å². The first-order valence-corrected chi connectivity index (χ1v) is 7.91. The Labute approximate surface area is 139 Å². The second-order valence-corrected chi connectivity index (χ2v) is 6.31. The number of hydrogen-bond acceptors (Lipinski definition) is 3. The van der Waals surface area contributed by atoms with E-state index in [-0.39, 0.29) is 18.4 Å². The molecule has 0 fully saturated rings. The molecule has 2 atom stereocenters. The Morgan fingerprint density at radius 3 is 2.55 bits per heavy atom. The Morgan fingerprint density at radius 2 is 2.05 bits per heavy atom. The normalized spacial score (nSPS) is 14.9. The van der Waals surface area contributed by atoms with Crippen molar-refractivity contribution in [2.75, 3.05) is 13.7 Å². The van der Waals surface area contributed by atoms with Gasteiger partial charge in [0.25, 0.3) is 0 Å². The van der Waals surface area contributed by atoms with Gasteiger partial charge < -0.3 is 15.2 Å². The van der Waals surface area contributed by atoms with Crippen molar-refractivity contribution in [2.45, 2.75) is 32.2 Å². The number of ether oxygens (including phenoxy) is 1. The molecule has 0 saturated carbocycles. The van der Waals surface area contributed by atoms with E-state index in [0.29, 0.717) is 12.8 Å². The van der Waals surface area contributed by atoms with Gasteiger partial charge in [0.2, 0.25) is 5.91 Å². The minimum Gasteiger partial charge on any atom is -0.479 e. The van der Waals surface area contributed by atoms with Gasteiger partial charge in [0, 0.05) is 17.5 Å². The highest BCUT2D eigenvalue weighted by Crippen LogP contribution is 2.21. The van der Waals surface area contributed by atoms with Crippen molar-refractivity contribution in [1.82, 2.24) is 5.32 Å². The predicted molar refractivity (Wildman–Crippen MR) is 87.7 cm³/mol. The lowest BCUT2D eigenvalue weighted by atomic mass is 9.94. The lowest BCUT2D eigenvalue weighted by Crippen LogP contribution is -2.56. The highest BCUT2D eigenvalue weighted by Gasteiger charge is 2.36. The minimum absolute atomic E-state index is 0.0838. The topological polar surface area (TPSA) is 75.6 Å². The predicted octanol–water partition coefficient (Wildman–Crippen LogP) is 2.62. The number of halogens is 1. The molecule has 0 saturated heterocycles. The number of aliphatic carboxylic acids is 1. The molecule has 1 aromatic rings. The summed E-state index contributed by atoms with van der Waals surface area (Å²) in [4.78, 5) is 23.8. The second kappa shape index (κ2) is 8.29. The average molecular weight is 372 g/mol. The SMILES string of the molecule is CCC(Cc1ccccc1Br)C(=O)NC(C)(COC)C(=O)O. The van der Waals surface area contributed by atoms with Gasteiger partial charge in [-0.05, 0) is 31.4 Å². The Kier molecular flexibility index (Phi) is 7.03. The summed E-state index contributed by atoms with van der Waals surface area (Å²) in [7, 11) is 1.41. The van der Waals surface area contributed by atoms with Gasteiger partial charge in [-0.2, -0.15) is 0 Å². The zero-order valence-corrected chi connectivity index (χ0v) is 14.6. The van der Waals surface area contributed by atoms with Crippen LogP contribution in [0.4, 0.5) is 0 Å². The number of nitrogens with one attached hydrogen (secondary N) is 1. The molecule has 0 spiro atoms. The Bertz CT molecular complexity index is 535. The fraction of sp³-hybridized carbons (Fsp3) is 0.500. The van der Waals surface area contributed by atoms with Crippen molar-refractivity contribution in [3.63, 3.8) is 0 Å². The van der Waals surface area contributed by atoms with Gasteiger partial charge >= 0.3 is 5.97 Å². The van der Waals surface area contributed by atoms with Gasteiger partial charge in [-0.25, -0.2) is 4.79 Å². The molecule has 0 radical (unpaired) electrons. The third-order valence-corrected chi connectivity index (χ3v) is 4.37. The molecule has 0 bridgehead atoms. The molecule has 122 valence electrons. The summed E-state index contributed by atoms with van der Waals surface area (Å²) in [5, 5.41) is 11.9. The van der Waals surface area contributed by atoms with Crippen LogP contribution < -0.4 is 5.32 Å². The lowest BCUT2D eigenvalue weighted by molar-refractivity contribution is -0.150. The summed E-state index contributed by atoms with van der Waals surface area (Å²) in [5.74, 6) is -1.69. The summed E-state index contributed by atoms with van der Waals surface area (Å²) in [6.07, 6.45) is 1.17. The molecule has 2 N–H and O–H groups in total. The first-order chi connectivity index (χ1) is 10.3. The first-order valence-electron chi connectivity index (χ1n) is 7.11. The van der Waals surface area contributed by atoms with Crippen LogP contribution in [0, 0.1) is 5.92 Å². The van der Waals surface area contributed by atoms with Gasteiger partial charge in [-0.3, -0.25) is 4.79 Å². The summed E-state index contributed by atoms with van der Waals surface area (Å²) < 4.78 is 5.86. The maximum Gasteiger partial charge on any atom is 0.331 e. The monoisotopic (exact) mass is 371 g/mol. The minimum atomic E-state index is -1.42. The lowest BCUT2D eigenvalue weighted by Gasteiger charge is -2.27. The van der Waals surface area contributed by atoms with Crippen LogP contribution in [-0.2, 0) is 20.7 Å². The largest absolute Gasteiger partial charge is 0.479 e. The molecule has 1 amide bonds. The molecule has 2 unspecified atom stereocenters. The highest BCUT2D eigenvalue weighted by atomic mass is 79.9.